The molecule has 2 rings (SSSR count). The van der Waals surface area contributed by atoms with E-state index in [-0.39, 0.29) is 17.9 Å². The summed E-state index contributed by atoms with van der Waals surface area (Å²) >= 11 is 1.35. The van der Waals surface area contributed by atoms with E-state index in [1.807, 2.05) is 0 Å². The van der Waals surface area contributed by atoms with Crippen LogP contribution in [0, 0.1) is 10.1 Å². The van der Waals surface area contributed by atoms with Gasteiger partial charge in [-0.05, 0) is 6.07 Å². The first kappa shape index (κ1) is 16.2. The Morgan fingerprint density at radius 1 is 1.50 bits per heavy atom. The molecule has 1 fully saturated rings. The molecule has 1 aromatic rings. The van der Waals surface area contributed by atoms with Gasteiger partial charge in [0.1, 0.15) is 12.0 Å². The van der Waals surface area contributed by atoms with Gasteiger partial charge in [-0.15, -0.1) is 11.8 Å². The minimum absolute atomic E-state index is 0.0377. The average Bonchev–Trinajstić information content (AvgIpc) is 2.91. The lowest BCUT2D eigenvalue weighted by molar-refractivity contribution is -0.384. The molecule has 1 aromatic carbocycles. The second-order valence-corrected chi connectivity index (χ2v) is 5.54. The fourth-order valence-electron chi connectivity index (χ4n) is 1.74. The molecule has 1 aliphatic rings. The largest absolute Gasteiger partial charge is 0.458 e. The third-order valence-electron chi connectivity index (χ3n) is 2.66. The average molecular weight is 327 g/mol. The molecule has 1 heterocycles. The molecular weight excluding hydrogens is 314 g/mol. The molecule has 2 unspecified atom stereocenters. The summed E-state index contributed by atoms with van der Waals surface area (Å²) in [5, 5.41) is 10.7. The highest BCUT2D eigenvalue weighted by atomic mass is 32.2. The lowest BCUT2D eigenvalue weighted by Gasteiger charge is -2.12. The second-order valence-electron chi connectivity index (χ2n) is 4.34. The van der Waals surface area contributed by atoms with Gasteiger partial charge in [0, 0.05) is 19.1 Å². The number of hydrogen-bond acceptors (Lipinski definition) is 8. The SMILES string of the molecule is CC(=O)OC1CSC(COC(=O)c2cccc([N+](=O)[O-])c2)O1. The molecule has 0 aromatic heterocycles. The van der Waals surface area contributed by atoms with E-state index in [4.69, 9.17) is 14.2 Å². The van der Waals surface area contributed by atoms with E-state index < -0.39 is 28.6 Å². The van der Waals surface area contributed by atoms with E-state index in [0.717, 1.165) is 6.07 Å². The predicted octanol–water partition coefficient (Wildman–Crippen LogP) is 1.73. The number of nitro groups is 1. The second kappa shape index (κ2) is 7.23. The van der Waals surface area contributed by atoms with Crippen molar-refractivity contribution >= 4 is 29.4 Å². The van der Waals surface area contributed by atoms with Crippen LogP contribution in [0.15, 0.2) is 24.3 Å². The Morgan fingerprint density at radius 3 is 2.95 bits per heavy atom. The first-order valence-corrected chi connectivity index (χ1v) is 7.36. The zero-order chi connectivity index (χ0) is 16.1. The van der Waals surface area contributed by atoms with E-state index in [1.54, 1.807) is 0 Å². The molecule has 0 saturated carbocycles. The van der Waals surface area contributed by atoms with Crippen LogP contribution in [0.3, 0.4) is 0 Å². The van der Waals surface area contributed by atoms with Gasteiger partial charge in [-0.25, -0.2) is 4.79 Å². The summed E-state index contributed by atoms with van der Waals surface area (Å²) in [6.45, 7) is 1.24. The Bertz CT molecular complexity index is 592. The minimum atomic E-state index is -0.677. The summed E-state index contributed by atoms with van der Waals surface area (Å²) in [6, 6.07) is 5.27. The van der Waals surface area contributed by atoms with Gasteiger partial charge in [0.15, 0.2) is 0 Å². The molecule has 9 heteroatoms. The summed E-state index contributed by atoms with van der Waals surface area (Å²) in [7, 11) is 0. The van der Waals surface area contributed by atoms with Crippen LogP contribution in [-0.2, 0) is 19.0 Å². The maximum absolute atomic E-state index is 11.8. The molecule has 1 aliphatic heterocycles. The quantitative estimate of drug-likeness (QED) is 0.457. The number of thioether (sulfide) groups is 1. The van der Waals surface area contributed by atoms with Gasteiger partial charge >= 0.3 is 11.9 Å². The summed E-state index contributed by atoms with van der Waals surface area (Å²) in [4.78, 5) is 32.7. The number of rotatable bonds is 5. The number of benzene rings is 1. The fraction of sp³-hybridized carbons (Fsp3) is 0.385. The monoisotopic (exact) mass is 327 g/mol. The third-order valence-corrected chi connectivity index (χ3v) is 3.75. The highest BCUT2D eigenvalue weighted by Gasteiger charge is 2.29. The number of nitro benzene ring substituents is 1. The number of esters is 2. The van der Waals surface area contributed by atoms with Crippen LogP contribution >= 0.6 is 11.8 Å². The topological polar surface area (TPSA) is 105 Å². The Balaban J connectivity index is 1.84. The number of non-ortho nitro benzene ring substituents is 1. The highest BCUT2D eigenvalue weighted by Crippen LogP contribution is 2.26. The summed E-state index contributed by atoms with van der Waals surface area (Å²) < 4.78 is 15.3. The summed E-state index contributed by atoms with van der Waals surface area (Å²) in [5.41, 5.74) is -0.531. The van der Waals surface area contributed by atoms with Crippen LogP contribution < -0.4 is 0 Å². The van der Waals surface area contributed by atoms with Crippen molar-refractivity contribution in [3.63, 3.8) is 0 Å². The van der Waals surface area contributed by atoms with Crippen molar-refractivity contribution in [1.82, 2.24) is 0 Å². The Labute approximate surface area is 129 Å². The van der Waals surface area contributed by atoms with Crippen LogP contribution in [-0.4, -0.2) is 40.9 Å². The van der Waals surface area contributed by atoms with Gasteiger partial charge in [0.05, 0.1) is 16.2 Å². The lowest BCUT2D eigenvalue weighted by atomic mass is 10.2. The molecule has 1 saturated heterocycles. The third kappa shape index (κ3) is 4.43. The van der Waals surface area contributed by atoms with E-state index in [0.29, 0.717) is 5.75 Å². The Morgan fingerprint density at radius 2 is 2.27 bits per heavy atom. The van der Waals surface area contributed by atoms with Gasteiger partial charge in [-0.3, -0.25) is 14.9 Å². The van der Waals surface area contributed by atoms with Crippen molar-refractivity contribution in [2.75, 3.05) is 12.4 Å². The molecule has 0 radical (unpaired) electrons. The van der Waals surface area contributed by atoms with E-state index in [9.17, 15) is 19.7 Å². The molecular formula is C13H13NO7S. The maximum Gasteiger partial charge on any atom is 0.338 e. The molecule has 0 amide bonds. The van der Waals surface area contributed by atoms with E-state index >= 15 is 0 Å². The van der Waals surface area contributed by atoms with Crippen LogP contribution in [0.5, 0.6) is 0 Å². The Kier molecular flexibility index (Phi) is 5.34. The zero-order valence-electron chi connectivity index (χ0n) is 11.6. The van der Waals surface area contributed by atoms with Gasteiger partial charge in [0.25, 0.3) is 5.69 Å². The molecule has 0 bridgehead atoms. The Hall–Kier alpha value is -2.13. The summed E-state index contributed by atoms with van der Waals surface area (Å²) in [6.07, 6.45) is -0.649. The van der Waals surface area contributed by atoms with Crippen molar-refractivity contribution in [2.45, 2.75) is 18.6 Å². The smallest absolute Gasteiger partial charge is 0.338 e. The highest BCUT2D eigenvalue weighted by molar-refractivity contribution is 8.00. The van der Waals surface area contributed by atoms with Crippen LogP contribution in [0.25, 0.3) is 0 Å². The first-order chi connectivity index (χ1) is 10.5. The first-order valence-electron chi connectivity index (χ1n) is 6.31. The predicted molar refractivity (Wildman–Crippen MR) is 76.3 cm³/mol. The minimum Gasteiger partial charge on any atom is -0.458 e. The van der Waals surface area contributed by atoms with E-state index in [2.05, 4.69) is 0 Å². The standard InChI is InChI=1S/C13H13NO7S/c1-8(15)20-11-7-22-12(21-11)6-19-13(16)9-3-2-4-10(5-9)14(17)18/h2-5,11-12H,6-7H2,1H3. The molecule has 118 valence electrons. The number of ether oxygens (including phenoxy) is 3. The lowest BCUT2D eigenvalue weighted by Crippen LogP contribution is -2.22. The van der Waals surface area contributed by atoms with Crippen molar-refractivity contribution < 1.29 is 28.7 Å². The molecule has 0 aliphatic carbocycles. The van der Waals surface area contributed by atoms with Gasteiger partial charge in [-0.1, -0.05) is 6.07 Å². The van der Waals surface area contributed by atoms with E-state index in [1.165, 1.54) is 36.9 Å². The van der Waals surface area contributed by atoms with Crippen LogP contribution in [0.4, 0.5) is 5.69 Å². The molecule has 0 spiro atoms. The fourth-order valence-corrected chi connectivity index (χ4v) is 2.63. The van der Waals surface area contributed by atoms with Crippen LogP contribution in [0.2, 0.25) is 0 Å². The molecule has 22 heavy (non-hydrogen) atoms. The number of hydrogen-bond donors (Lipinski definition) is 0. The zero-order valence-corrected chi connectivity index (χ0v) is 12.4. The van der Waals surface area contributed by atoms with Crippen molar-refractivity contribution in [1.29, 1.82) is 0 Å². The molecule has 8 nitrogen and oxygen atoms in total. The normalized spacial score (nSPS) is 20.4. The van der Waals surface area contributed by atoms with Crippen molar-refractivity contribution in [2.24, 2.45) is 0 Å². The van der Waals surface area contributed by atoms with Crippen molar-refractivity contribution in [3.05, 3.63) is 39.9 Å². The van der Waals surface area contributed by atoms with Crippen molar-refractivity contribution in [3.8, 4) is 0 Å². The van der Waals surface area contributed by atoms with Crippen LogP contribution in [0.1, 0.15) is 17.3 Å². The number of nitrogens with zero attached hydrogens (tertiary/aromatic N) is 1. The molecule has 0 N–H and O–H groups in total. The number of carbonyl (C=O) groups excluding carboxylic acids is 2. The van der Waals surface area contributed by atoms with Gasteiger partial charge < -0.3 is 14.2 Å². The molecule has 2 atom stereocenters. The van der Waals surface area contributed by atoms with Gasteiger partial charge in [-0.2, -0.15) is 0 Å². The maximum atomic E-state index is 11.8. The van der Waals surface area contributed by atoms with Gasteiger partial charge in [0.2, 0.25) is 6.29 Å². The number of carbonyl (C=O) groups is 2. The summed E-state index contributed by atoms with van der Waals surface area (Å²) in [5.74, 6) is -0.665.